The van der Waals surface area contributed by atoms with Gasteiger partial charge in [0.05, 0.1) is 0 Å². The van der Waals surface area contributed by atoms with Crippen molar-refractivity contribution >= 4 is 27.3 Å². The molecule has 0 bridgehead atoms. The molecule has 4 heteroatoms. The molecule has 0 atom stereocenters. The van der Waals surface area contributed by atoms with Gasteiger partial charge in [0.1, 0.15) is 0 Å². The van der Waals surface area contributed by atoms with E-state index in [9.17, 15) is 0 Å². The minimum Gasteiger partial charge on any atom is -0.311 e. The molecule has 1 rings (SSSR count). The van der Waals surface area contributed by atoms with Gasteiger partial charge in [-0.25, -0.2) is 0 Å². The molecule has 1 aromatic heterocycles. The fourth-order valence-electron chi connectivity index (χ4n) is 2.19. The largest absolute Gasteiger partial charge is 0.311 e. The van der Waals surface area contributed by atoms with Crippen molar-refractivity contribution in [1.29, 1.82) is 0 Å². The van der Waals surface area contributed by atoms with Crippen molar-refractivity contribution in [2.24, 2.45) is 5.92 Å². The summed E-state index contributed by atoms with van der Waals surface area (Å²) >= 11 is 5.30. The lowest BCUT2D eigenvalue weighted by Gasteiger charge is -2.25. The van der Waals surface area contributed by atoms with E-state index < -0.39 is 0 Å². The zero-order valence-corrected chi connectivity index (χ0v) is 14.8. The molecule has 0 aliphatic carbocycles. The van der Waals surface area contributed by atoms with Crippen LogP contribution in [0, 0.1) is 5.92 Å². The fourth-order valence-corrected chi connectivity index (χ4v) is 3.61. The summed E-state index contributed by atoms with van der Waals surface area (Å²) in [4.78, 5) is 3.96. The number of nitrogens with zero attached hydrogens (tertiary/aromatic N) is 1. The summed E-state index contributed by atoms with van der Waals surface area (Å²) in [6.45, 7) is 12.5. The monoisotopic (exact) mass is 346 g/mol. The second-order valence-corrected chi connectivity index (χ2v) is 6.90. The maximum atomic E-state index is 3.54. The first-order chi connectivity index (χ1) is 9.19. The van der Waals surface area contributed by atoms with E-state index in [-0.39, 0.29) is 0 Å². The summed E-state index contributed by atoms with van der Waals surface area (Å²) in [5, 5.41) is 5.68. The van der Waals surface area contributed by atoms with E-state index in [0.29, 0.717) is 0 Å². The fraction of sp³-hybridized carbons (Fsp3) is 0.733. The number of hydrogen-bond acceptors (Lipinski definition) is 3. The lowest BCUT2D eigenvalue weighted by Crippen LogP contribution is -2.35. The molecular weight excluding hydrogens is 320 g/mol. The topological polar surface area (TPSA) is 15.3 Å². The number of thiophene rings is 1. The summed E-state index contributed by atoms with van der Waals surface area (Å²) in [5.41, 5.74) is 0. The van der Waals surface area contributed by atoms with Crippen molar-refractivity contribution in [3.8, 4) is 0 Å². The van der Waals surface area contributed by atoms with Crippen LogP contribution in [0.4, 0.5) is 0 Å². The van der Waals surface area contributed by atoms with Gasteiger partial charge >= 0.3 is 0 Å². The Kier molecular flexibility index (Phi) is 8.95. The Labute approximate surface area is 130 Å². The number of hydrogen-bond donors (Lipinski definition) is 1. The van der Waals surface area contributed by atoms with Crippen molar-refractivity contribution < 1.29 is 0 Å². The molecule has 0 radical (unpaired) electrons. The molecule has 110 valence electrons. The lowest BCUT2D eigenvalue weighted by molar-refractivity contribution is 0.234. The Morgan fingerprint density at radius 1 is 1.32 bits per heavy atom. The average Bonchev–Trinajstić information content (AvgIpc) is 2.84. The molecule has 1 heterocycles. The zero-order chi connectivity index (χ0) is 14.1. The minimum absolute atomic E-state index is 0.855. The molecule has 2 nitrogen and oxygen atoms in total. The van der Waals surface area contributed by atoms with Crippen molar-refractivity contribution in [2.75, 3.05) is 26.2 Å². The van der Waals surface area contributed by atoms with Crippen molar-refractivity contribution in [1.82, 2.24) is 10.2 Å². The van der Waals surface area contributed by atoms with Crippen LogP contribution in [0.15, 0.2) is 15.9 Å². The molecule has 1 aromatic rings. The van der Waals surface area contributed by atoms with E-state index in [0.717, 1.165) is 32.1 Å². The second kappa shape index (κ2) is 9.92. The third-order valence-corrected chi connectivity index (χ3v) is 5.34. The summed E-state index contributed by atoms with van der Waals surface area (Å²) in [6, 6.07) is 2.19. The molecule has 19 heavy (non-hydrogen) atoms. The van der Waals surface area contributed by atoms with E-state index in [1.807, 2.05) is 11.3 Å². The van der Waals surface area contributed by atoms with Gasteiger partial charge in [0.15, 0.2) is 0 Å². The minimum atomic E-state index is 0.855. The first-order valence-electron chi connectivity index (χ1n) is 7.35. The summed E-state index contributed by atoms with van der Waals surface area (Å²) in [5.74, 6) is 0.855. The Morgan fingerprint density at radius 3 is 2.58 bits per heavy atom. The maximum absolute atomic E-state index is 3.54. The molecule has 0 saturated heterocycles. The first-order valence-corrected chi connectivity index (χ1v) is 9.02. The number of rotatable bonds is 10. The Bertz CT molecular complexity index is 337. The highest BCUT2D eigenvalue weighted by molar-refractivity contribution is 9.10. The van der Waals surface area contributed by atoms with E-state index in [4.69, 9.17) is 0 Å². The van der Waals surface area contributed by atoms with E-state index in [2.05, 4.69) is 58.4 Å². The van der Waals surface area contributed by atoms with Gasteiger partial charge in [0.2, 0.25) is 0 Å². The van der Waals surface area contributed by atoms with Crippen molar-refractivity contribution in [3.63, 3.8) is 0 Å². The SMILES string of the molecule is CCC(CC)CN(CC)CCNCc1cc(Br)cs1. The van der Waals surface area contributed by atoms with Gasteiger partial charge < -0.3 is 10.2 Å². The molecule has 0 fully saturated rings. The molecule has 0 unspecified atom stereocenters. The predicted octanol–water partition coefficient (Wildman–Crippen LogP) is 4.36. The molecule has 0 saturated carbocycles. The molecular formula is C15H27BrN2S. The van der Waals surface area contributed by atoms with E-state index >= 15 is 0 Å². The number of halogens is 1. The van der Waals surface area contributed by atoms with Crippen LogP contribution in [-0.2, 0) is 6.54 Å². The second-order valence-electron chi connectivity index (χ2n) is 4.98. The quantitative estimate of drug-likeness (QED) is 0.633. The van der Waals surface area contributed by atoms with Crippen LogP contribution < -0.4 is 5.32 Å². The highest BCUT2D eigenvalue weighted by Gasteiger charge is 2.09. The summed E-state index contributed by atoms with van der Waals surface area (Å²) < 4.78 is 1.19. The van der Waals surface area contributed by atoms with Crippen molar-refractivity contribution in [2.45, 2.75) is 40.2 Å². The van der Waals surface area contributed by atoms with Crippen molar-refractivity contribution in [3.05, 3.63) is 20.8 Å². The van der Waals surface area contributed by atoms with Crippen LogP contribution in [0.3, 0.4) is 0 Å². The van der Waals surface area contributed by atoms with Crippen LogP contribution in [-0.4, -0.2) is 31.1 Å². The standard InChI is InChI=1S/C15H27BrN2S/c1-4-13(5-2)11-18(6-3)8-7-17-10-15-9-14(16)12-19-15/h9,12-13,17H,4-8,10-11H2,1-3H3. The molecule has 0 aliphatic rings. The molecule has 0 aromatic carbocycles. The third-order valence-electron chi connectivity index (χ3n) is 3.64. The van der Waals surface area contributed by atoms with Gasteiger partial charge in [-0.1, -0.05) is 33.6 Å². The Morgan fingerprint density at radius 2 is 2.05 bits per heavy atom. The zero-order valence-electron chi connectivity index (χ0n) is 12.4. The van der Waals surface area contributed by atoms with Gasteiger partial charge in [0.25, 0.3) is 0 Å². The van der Waals surface area contributed by atoms with E-state index in [1.54, 1.807) is 0 Å². The van der Waals surface area contributed by atoms with Crippen LogP contribution in [0.2, 0.25) is 0 Å². The third kappa shape index (κ3) is 6.89. The predicted molar refractivity (Wildman–Crippen MR) is 89.9 cm³/mol. The average molecular weight is 347 g/mol. The summed E-state index contributed by atoms with van der Waals surface area (Å²) in [6.07, 6.45) is 2.59. The van der Waals surface area contributed by atoms with Crippen LogP contribution in [0.1, 0.15) is 38.5 Å². The van der Waals surface area contributed by atoms with Crippen LogP contribution >= 0.6 is 27.3 Å². The lowest BCUT2D eigenvalue weighted by atomic mass is 10.0. The highest BCUT2D eigenvalue weighted by Crippen LogP contribution is 2.19. The first kappa shape index (κ1) is 17.2. The van der Waals surface area contributed by atoms with Crippen LogP contribution in [0.5, 0.6) is 0 Å². The highest BCUT2D eigenvalue weighted by atomic mass is 79.9. The molecule has 0 aliphatic heterocycles. The normalized spacial score (nSPS) is 11.7. The van der Waals surface area contributed by atoms with Gasteiger partial charge in [0, 0.05) is 40.9 Å². The molecule has 0 amide bonds. The van der Waals surface area contributed by atoms with Gasteiger partial charge in [-0.3, -0.25) is 0 Å². The number of likely N-dealkylation sites (N-methyl/N-ethyl adjacent to an activating group) is 1. The van der Waals surface area contributed by atoms with E-state index in [1.165, 1.54) is 28.7 Å². The molecule has 0 spiro atoms. The number of nitrogens with one attached hydrogen (secondary N) is 1. The Hall–Kier alpha value is 0.1000. The van der Waals surface area contributed by atoms with Gasteiger partial charge in [-0.2, -0.15) is 0 Å². The van der Waals surface area contributed by atoms with Gasteiger partial charge in [-0.15, -0.1) is 11.3 Å². The summed E-state index contributed by atoms with van der Waals surface area (Å²) in [7, 11) is 0. The molecule has 1 N–H and O–H groups in total. The maximum Gasteiger partial charge on any atom is 0.0300 e. The Balaban J connectivity index is 2.18. The smallest absolute Gasteiger partial charge is 0.0300 e. The van der Waals surface area contributed by atoms with Gasteiger partial charge in [-0.05, 0) is 34.5 Å². The van der Waals surface area contributed by atoms with Crippen LogP contribution in [0.25, 0.3) is 0 Å².